The van der Waals surface area contributed by atoms with Gasteiger partial charge >= 0.3 is 0 Å². The number of H-pyrrole nitrogens is 1. The van der Waals surface area contributed by atoms with Crippen LogP contribution in [-0.4, -0.2) is 28.1 Å². The smallest absolute Gasteiger partial charge is 0.0985 e. The number of aryl methyl sites for hydroxylation is 1. The molecule has 1 aliphatic rings. The van der Waals surface area contributed by atoms with Crippen LogP contribution in [0.25, 0.3) is 11.3 Å². The molecule has 5 nitrogen and oxygen atoms in total. The number of anilines is 1. The van der Waals surface area contributed by atoms with E-state index in [1.165, 1.54) is 18.4 Å². The number of aromatic amines is 1. The zero-order chi connectivity index (χ0) is 19.7. The second-order valence-corrected chi connectivity index (χ2v) is 7.86. The predicted molar refractivity (Wildman–Crippen MR) is 114 cm³/mol. The third-order valence-corrected chi connectivity index (χ3v) is 5.63. The van der Waals surface area contributed by atoms with Crippen molar-refractivity contribution in [2.75, 3.05) is 12.3 Å². The second kappa shape index (κ2) is 7.24. The maximum Gasteiger partial charge on any atom is 0.0985 e. The van der Waals surface area contributed by atoms with Crippen LogP contribution in [0, 0.1) is 6.92 Å². The number of aromatic nitrogens is 2. The highest BCUT2D eigenvalue weighted by atomic mass is 16.3. The molecule has 1 unspecified atom stereocenters. The van der Waals surface area contributed by atoms with Crippen molar-refractivity contribution in [1.82, 2.24) is 10.2 Å². The van der Waals surface area contributed by atoms with Gasteiger partial charge in [-0.25, -0.2) is 0 Å². The number of nitrogens with zero attached hydrogens (tertiary/aromatic N) is 2. The Morgan fingerprint density at radius 1 is 1.21 bits per heavy atom. The van der Waals surface area contributed by atoms with Gasteiger partial charge in [-0.1, -0.05) is 49.4 Å². The summed E-state index contributed by atoms with van der Waals surface area (Å²) in [5, 5.41) is 18.1. The van der Waals surface area contributed by atoms with E-state index in [0.717, 1.165) is 28.1 Å². The summed E-state index contributed by atoms with van der Waals surface area (Å²) in [5.74, 6) is 0. The third kappa shape index (κ3) is 3.45. The predicted octanol–water partition coefficient (Wildman–Crippen LogP) is 4.17. The Balaban J connectivity index is 1.65. The quantitative estimate of drug-likeness (QED) is 0.447. The first kappa shape index (κ1) is 18.4. The molecule has 1 fully saturated rings. The third-order valence-electron chi connectivity index (χ3n) is 5.63. The van der Waals surface area contributed by atoms with Crippen molar-refractivity contribution in [2.24, 2.45) is 4.99 Å². The fraction of sp³-hybridized carbons (Fsp3) is 0.304. The molecule has 0 saturated heterocycles. The van der Waals surface area contributed by atoms with E-state index in [1.807, 2.05) is 48.5 Å². The average molecular weight is 374 g/mol. The number of nitrogens with one attached hydrogen (secondary N) is 1. The molecule has 0 aliphatic heterocycles. The van der Waals surface area contributed by atoms with Gasteiger partial charge in [-0.2, -0.15) is 5.10 Å². The first-order valence-electron chi connectivity index (χ1n) is 9.67. The van der Waals surface area contributed by atoms with Gasteiger partial charge in [0.05, 0.1) is 18.3 Å². The molecule has 0 radical (unpaired) electrons. The van der Waals surface area contributed by atoms with E-state index in [1.54, 1.807) is 6.21 Å². The Bertz CT molecular complexity index is 1000. The van der Waals surface area contributed by atoms with Crippen molar-refractivity contribution in [2.45, 2.75) is 38.2 Å². The van der Waals surface area contributed by atoms with Gasteiger partial charge in [0, 0.05) is 34.3 Å². The first-order valence-corrected chi connectivity index (χ1v) is 9.67. The lowest BCUT2D eigenvalue weighted by Crippen LogP contribution is -2.05. The molecule has 4 N–H and O–H groups in total. The van der Waals surface area contributed by atoms with Crippen LogP contribution in [-0.2, 0) is 5.41 Å². The van der Waals surface area contributed by atoms with Crippen LogP contribution in [0.2, 0.25) is 0 Å². The molecule has 1 aromatic heterocycles. The number of hydrogen-bond acceptors (Lipinski definition) is 4. The highest BCUT2D eigenvalue weighted by Gasteiger charge is 2.43. The molecule has 5 heteroatoms. The van der Waals surface area contributed by atoms with Crippen molar-refractivity contribution in [3.63, 3.8) is 0 Å². The van der Waals surface area contributed by atoms with Crippen molar-refractivity contribution < 1.29 is 5.11 Å². The van der Waals surface area contributed by atoms with Gasteiger partial charge in [0.2, 0.25) is 0 Å². The monoisotopic (exact) mass is 374 g/mol. The number of aliphatic imine (C=N–C) groups is 1. The number of benzene rings is 2. The highest BCUT2D eigenvalue weighted by molar-refractivity contribution is 5.96. The Morgan fingerprint density at radius 3 is 2.68 bits per heavy atom. The molecule has 0 spiro atoms. The van der Waals surface area contributed by atoms with Crippen LogP contribution >= 0.6 is 0 Å². The van der Waals surface area contributed by atoms with Crippen LogP contribution in [0.5, 0.6) is 0 Å². The normalized spacial score (nSPS) is 16.4. The van der Waals surface area contributed by atoms with E-state index in [0.29, 0.717) is 5.69 Å². The fourth-order valence-electron chi connectivity index (χ4n) is 3.76. The topological polar surface area (TPSA) is 87.3 Å². The SMILES string of the molecule is Cc1[nH]nc(-c2cccc(N)c2C=NCC(O)c2ccccc2)c1C1(C)CC1. The first-order chi connectivity index (χ1) is 13.5. The Hall–Kier alpha value is -2.92. The Kier molecular flexibility index (Phi) is 4.77. The summed E-state index contributed by atoms with van der Waals surface area (Å²) in [6.07, 6.45) is 3.48. The van der Waals surface area contributed by atoms with E-state index >= 15 is 0 Å². The number of aliphatic hydroxyl groups is 1. The molecule has 3 aromatic rings. The maximum atomic E-state index is 10.4. The standard InChI is InChI=1S/C23H26N4O/c1-15-21(23(2)11-12-23)22(27-26-15)17-9-6-10-19(24)18(17)13-25-14-20(28)16-7-4-3-5-8-16/h3-10,13,20,28H,11-12,14,24H2,1-2H3,(H,26,27). The zero-order valence-corrected chi connectivity index (χ0v) is 16.3. The molecule has 0 amide bonds. The molecule has 1 heterocycles. The summed E-state index contributed by atoms with van der Waals surface area (Å²) in [6.45, 7) is 4.64. The van der Waals surface area contributed by atoms with Crippen LogP contribution in [0.1, 0.15) is 48.3 Å². The molecule has 144 valence electrons. The van der Waals surface area contributed by atoms with Gasteiger partial charge < -0.3 is 10.8 Å². The molecule has 1 saturated carbocycles. The van der Waals surface area contributed by atoms with E-state index in [2.05, 4.69) is 29.0 Å². The molecular formula is C23H26N4O. The minimum Gasteiger partial charge on any atom is -0.398 e. The number of aliphatic hydroxyl groups excluding tert-OH is 1. The van der Waals surface area contributed by atoms with E-state index in [4.69, 9.17) is 5.73 Å². The number of hydrogen-bond donors (Lipinski definition) is 3. The molecule has 4 rings (SSSR count). The van der Waals surface area contributed by atoms with Crippen molar-refractivity contribution in [1.29, 1.82) is 0 Å². The summed E-state index contributed by atoms with van der Waals surface area (Å²) in [4.78, 5) is 4.49. The van der Waals surface area contributed by atoms with Crippen LogP contribution in [0.15, 0.2) is 53.5 Å². The summed E-state index contributed by atoms with van der Waals surface area (Å²) in [5.41, 5.74) is 13.1. The largest absolute Gasteiger partial charge is 0.398 e. The molecule has 28 heavy (non-hydrogen) atoms. The lowest BCUT2D eigenvalue weighted by atomic mass is 9.91. The van der Waals surface area contributed by atoms with Crippen LogP contribution in [0.4, 0.5) is 5.69 Å². The molecule has 1 atom stereocenters. The summed E-state index contributed by atoms with van der Waals surface area (Å²) < 4.78 is 0. The van der Waals surface area contributed by atoms with E-state index < -0.39 is 6.10 Å². The van der Waals surface area contributed by atoms with Gasteiger partial charge in [-0.3, -0.25) is 10.1 Å². The van der Waals surface area contributed by atoms with Crippen molar-refractivity contribution in [3.8, 4) is 11.3 Å². The minimum absolute atomic E-state index is 0.189. The number of nitrogens with two attached hydrogens (primary N) is 1. The van der Waals surface area contributed by atoms with Crippen LogP contribution in [0.3, 0.4) is 0 Å². The molecular weight excluding hydrogens is 348 g/mol. The van der Waals surface area contributed by atoms with Crippen molar-refractivity contribution >= 4 is 11.9 Å². The summed E-state index contributed by atoms with van der Waals surface area (Å²) in [7, 11) is 0. The van der Waals surface area contributed by atoms with Crippen molar-refractivity contribution in [3.05, 3.63) is 70.9 Å². The lowest BCUT2D eigenvalue weighted by molar-refractivity contribution is 0.187. The molecule has 0 bridgehead atoms. The van der Waals surface area contributed by atoms with Gasteiger partial charge in [0.1, 0.15) is 0 Å². The zero-order valence-electron chi connectivity index (χ0n) is 16.3. The number of rotatable bonds is 6. The van der Waals surface area contributed by atoms with E-state index in [9.17, 15) is 5.11 Å². The van der Waals surface area contributed by atoms with E-state index in [-0.39, 0.29) is 12.0 Å². The Morgan fingerprint density at radius 2 is 1.96 bits per heavy atom. The van der Waals surface area contributed by atoms with Crippen LogP contribution < -0.4 is 5.73 Å². The maximum absolute atomic E-state index is 10.4. The summed E-state index contributed by atoms with van der Waals surface area (Å²) in [6, 6.07) is 15.4. The van der Waals surface area contributed by atoms with Gasteiger partial charge in [0.25, 0.3) is 0 Å². The fourth-order valence-corrected chi connectivity index (χ4v) is 3.76. The molecule has 2 aromatic carbocycles. The van der Waals surface area contributed by atoms with Gasteiger partial charge in [-0.05, 0) is 36.8 Å². The average Bonchev–Trinajstić information content (AvgIpc) is 3.31. The summed E-state index contributed by atoms with van der Waals surface area (Å²) >= 11 is 0. The number of nitrogen functional groups attached to an aromatic ring is 1. The Labute approximate surface area is 165 Å². The molecule has 1 aliphatic carbocycles. The lowest BCUT2D eigenvalue weighted by Gasteiger charge is -2.13. The highest BCUT2D eigenvalue weighted by Crippen LogP contribution is 2.51. The minimum atomic E-state index is -0.639. The van der Waals surface area contributed by atoms with Gasteiger partial charge in [-0.15, -0.1) is 0 Å². The van der Waals surface area contributed by atoms with Gasteiger partial charge in [0.15, 0.2) is 0 Å². The second-order valence-electron chi connectivity index (χ2n) is 7.86.